The molecule has 1 aromatic carbocycles. The zero-order chi connectivity index (χ0) is 27.1. The maximum absolute atomic E-state index is 13.0. The highest BCUT2D eigenvalue weighted by Crippen LogP contribution is 2.33. The highest BCUT2D eigenvalue weighted by molar-refractivity contribution is 7.89. The number of hydrogen-bond acceptors (Lipinski definition) is 6. The minimum absolute atomic E-state index is 0.247. The summed E-state index contributed by atoms with van der Waals surface area (Å²) in [5.41, 5.74) is 4.50. The summed E-state index contributed by atoms with van der Waals surface area (Å²) in [7, 11) is -1.61. The molecule has 3 heterocycles. The van der Waals surface area contributed by atoms with Crippen LogP contribution in [0.3, 0.4) is 0 Å². The highest BCUT2D eigenvalue weighted by Gasteiger charge is 2.20. The van der Waals surface area contributed by atoms with Gasteiger partial charge in [0.15, 0.2) is 0 Å². The van der Waals surface area contributed by atoms with Gasteiger partial charge >= 0.3 is 0 Å². The number of hydrogen-bond donors (Lipinski definition) is 2. The van der Waals surface area contributed by atoms with Gasteiger partial charge in [0.2, 0.25) is 10.0 Å². The van der Waals surface area contributed by atoms with Crippen LogP contribution in [-0.2, 0) is 22.9 Å². The molecule has 2 N–H and O–H groups in total. The van der Waals surface area contributed by atoms with Crippen molar-refractivity contribution in [3.05, 3.63) is 71.1 Å². The van der Waals surface area contributed by atoms with Crippen molar-refractivity contribution in [2.24, 2.45) is 0 Å². The molecule has 7 nitrogen and oxygen atoms in total. The molecule has 0 amide bonds. The Morgan fingerprint density at radius 1 is 1.03 bits per heavy atom. The molecule has 0 aliphatic carbocycles. The van der Waals surface area contributed by atoms with E-state index in [4.69, 9.17) is 4.98 Å². The summed E-state index contributed by atoms with van der Waals surface area (Å²) < 4.78 is 28.9. The first kappa shape index (κ1) is 28.0. The number of nitrogens with zero attached hydrogens (tertiary/aromatic N) is 3. The molecule has 202 valence electrons. The van der Waals surface area contributed by atoms with E-state index >= 15 is 0 Å². The van der Waals surface area contributed by atoms with Crippen molar-refractivity contribution in [1.82, 2.24) is 19.9 Å². The number of pyridine rings is 1. The molecule has 0 unspecified atom stereocenters. The van der Waals surface area contributed by atoms with Gasteiger partial charge in [0.05, 0.1) is 21.2 Å². The molecule has 0 radical (unpaired) electrons. The Kier molecular flexibility index (Phi) is 9.35. The van der Waals surface area contributed by atoms with Crippen LogP contribution in [0.15, 0.2) is 64.9 Å². The second kappa shape index (κ2) is 12.7. The van der Waals surface area contributed by atoms with Crippen LogP contribution < -0.4 is 9.62 Å². The number of aryl methyl sites for hydroxylation is 1. The molecule has 0 spiro atoms. The van der Waals surface area contributed by atoms with Crippen LogP contribution in [0.1, 0.15) is 51.2 Å². The second-order valence-electron chi connectivity index (χ2n) is 9.74. The van der Waals surface area contributed by atoms with Gasteiger partial charge < -0.3 is 4.90 Å². The summed E-state index contributed by atoms with van der Waals surface area (Å²) in [6.45, 7) is 6.66. The van der Waals surface area contributed by atoms with Crippen LogP contribution >= 0.6 is 11.3 Å². The van der Waals surface area contributed by atoms with Crippen molar-refractivity contribution in [3.63, 3.8) is 0 Å². The number of sulfonamides is 1. The third-order valence-electron chi connectivity index (χ3n) is 6.72. The zero-order valence-electron chi connectivity index (χ0n) is 22.6. The van der Waals surface area contributed by atoms with Gasteiger partial charge in [-0.05, 0) is 74.4 Å². The minimum atomic E-state index is -3.63. The maximum Gasteiger partial charge on any atom is 0.240 e. The molecule has 0 aliphatic heterocycles. The molecular weight excluding hydrogens is 514 g/mol. The Labute approximate surface area is 230 Å². The molecule has 0 aliphatic rings. The van der Waals surface area contributed by atoms with Crippen molar-refractivity contribution >= 4 is 27.2 Å². The molecule has 38 heavy (non-hydrogen) atoms. The highest BCUT2D eigenvalue weighted by atomic mass is 32.2. The first-order valence-corrected chi connectivity index (χ1v) is 15.6. The van der Waals surface area contributed by atoms with E-state index in [1.165, 1.54) is 18.4 Å². The van der Waals surface area contributed by atoms with E-state index in [9.17, 15) is 8.42 Å². The largest absolute Gasteiger partial charge is 0.357 e. The summed E-state index contributed by atoms with van der Waals surface area (Å²) in [5, 5.41) is 9.83. The van der Waals surface area contributed by atoms with Crippen LogP contribution in [0, 0.1) is 0 Å². The van der Waals surface area contributed by atoms with E-state index in [2.05, 4.69) is 40.6 Å². The monoisotopic (exact) mass is 551 g/mol. The number of rotatable bonds is 13. The van der Waals surface area contributed by atoms with Gasteiger partial charge in [0.1, 0.15) is 11.5 Å². The topological polar surface area (TPSA) is 91.0 Å². The molecule has 0 atom stereocenters. The maximum atomic E-state index is 13.0. The number of anilines is 1. The van der Waals surface area contributed by atoms with Crippen molar-refractivity contribution in [3.8, 4) is 22.0 Å². The molecule has 3 aromatic heterocycles. The standard InChI is InChI=1S/C29H37N5O2S2/c1-5-6-7-10-22-14-16-23(17-15-22)38(35,36)30-19-18-24-28(32-33-29(24)26-12-9-20-37-26)25-11-8-13-27(31-25)34(4)21(2)3/h8-9,11-17,20-21,30H,5-7,10,18-19H2,1-4H3,(H,32,33). The van der Waals surface area contributed by atoms with E-state index in [-0.39, 0.29) is 11.4 Å². The lowest BCUT2D eigenvalue weighted by Gasteiger charge is -2.22. The molecular formula is C29H37N5O2S2. The number of thiophene rings is 1. The zero-order valence-corrected chi connectivity index (χ0v) is 24.2. The summed E-state index contributed by atoms with van der Waals surface area (Å²) in [4.78, 5) is 8.31. The Morgan fingerprint density at radius 3 is 2.50 bits per heavy atom. The quantitative estimate of drug-likeness (QED) is 0.190. The molecule has 4 aromatic rings. The van der Waals surface area contributed by atoms with Gasteiger partial charge in [-0.15, -0.1) is 11.3 Å². The second-order valence-corrected chi connectivity index (χ2v) is 12.5. The molecule has 0 saturated heterocycles. The van der Waals surface area contributed by atoms with Gasteiger partial charge in [-0.3, -0.25) is 5.10 Å². The van der Waals surface area contributed by atoms with Crippen LogP contribution in [0.5, 0.6) is 0 Å². The predicted octanol–water partition coefficient (Wildman–Crippen LogP) is 6.30. The van der Waals surface area contributed by atoms with Gasteiger partial charge in [-0.2, -0.15) is 5.10 Å². The van der Waals surface area contributed by atoms with Crippen molar-refractivity contribution in [1.29, 1.82) is 0 Å². The normalized spacial score (nSPS) is 11.8. The predicted molar refractivity (Wildman–Crippen MR) is 157 cm³/mol. The number of unbranched alkanes of at least 4 members (excludes halogenated alkanes) is 2. The average Bonchev–Trinajstić information content (AvgIpc) is 3.59. The first-order chi connectivity index (χ1) is 18.3. The number of nitrogens with one attached hydrogen (secondary N) is 2. The lowest BCUT2D eigenvalue weighted by atomic mass is 10.1. The lowest BCUT2D eigenvalue weighted by Crippen LogP contribution is -2.26. The first-order valence-electron chi connectivity index (χ1n) is 13.2. The van der Waals surface area contributed by atoms with Crippen LogP contribution in [0.2, 0.25) is 0 Å². The summed E-state index contributed by atoms with van der Waals surface area (Å²) >= 11 is 1.62. The van der Waals surface area contributed by atoms with E-state index in [1.807, 2.05) is 54.9 Å². The third-order valence-corrected chi connectivity index (χ3v) is 9.08. The van der Waals surface area contributed by atoms with E-state index < -0.39 is 10.0 Å². The Bertz CT molecular complexity index is 1410. The van der Waals surface area contributed by atoms with Gasteiger partial charge in [-0.1, -0.05) is 44.0 Å². The third kappa shape index (κ3) is 6.70. The molecule has 0 saturated carbocycles. The Hall–Kier alpha value is -3.01. The van der Waals surface area contributed by atoms with Crippen LogP contribution in [-0.4, -0.2) is 43.2 Å². The summed E-state index contributed by atoms with van der Waals surface area (Å²) in [5.74, 6) is 0.864. The van der Waals surface area contributed by atoms with Gasteiger partial charge in [0, 0.05) is 25.2 Å². The fourth-order valence-corrected chi connectivity index (χ4v) is 6.05. The van der Waals surface area contributed by atoms with Crippen molar-refractivity contribution < 1.29 is 8.42 Å². The fourth-order valence-electron chi connectivity index (χ4n) is 4.27. The van der Waals surface area contributed by atoms with E-state index in [0.717, 1.165) is 46.2 Å². The average molecular weight is 552 g/mol. The number of H-pyrrole nitrogens is 1. The molecule has 0 fully saturated rings. The molecule has 4 rings (SSSR count). The van der Waals surface area contributed by atoms with Gasteiger partial charge in [-0.25, -0.2) is 18.1 Å². The van der Waals surface area contributed by atoms with Crippen molar-refractivity contribution in [2.75, 3.05) is 18.5 Å². The molecule has 0 bridgehead atoms. The smallest absolute Gasteiger partial charge is 0.240 e. The number of aromatic amines is 1. The lowest BCUT2D eigenvalue weighted by molar-refractivity contribution is 0.581. The van der Waals surface area contributed by atoms with E-state index in [0.29, 0.717) is 12.5 Å². The number of aromatic nitrogens is 3. The fraction of sp³-hybridized carbons (Fsp3) is 0.379. The van der Waals surface area contributed by atoms with Gasteiger partial charge in [0.25, 0.3) is 0 Å². The van der Waals surface area contributed by atoms with E-state index in [1.54, 1.807) is 23.5 Å². The summed E-state index contributed by atoms with van der Waals surface area (Å²) in [6.07, 6.45) is 4.91. The van der Waals surface area contributed by atoms with Crippen LogP contribution in [0.4, 0.5) is 5.82 Å². The minimum Gasteiger partial charge on any atom is -0.357 e. The Morgan fingerprint density at radius 2 is 1.82 bits per heavy atom. The SMILES string of the molecule is CCCCCc1ccc(S(=O)(=O)NCCc2c(-c3cccc(N(C)C(C)C)n3)n[nH]c2-c2cccs2)cc1. The molecule has 9 heteroatoms. The van der Waals surface area contributed by atoms with Crippen LogP contribution in [0.25, 0.3) is 22.0 Å². The number of benzene rings is 1. The Balaban J connectivity index is 1.54. The summed E-state index contributed by atoms with van der Waals surface area (Å²) in [6, 6.07) is 17.5. The van der Waals surface area contributed by atoms with Crippen molar-refractivity contribution in [2.45, 2.75) is 63.8 Å².